The number of hydrogen-bond donors (Lipinski definition) is 0. The Labute approximate surface area is 182 Å². The number of nitriles is 1. The topological polar surface area (TPSA) is 28.7 Å². The molecule has 0 aliphatic rings. The van der Waals surface area contributed by atoms with Crippen LogP contribution in [0.4, 0.5) is 0 Å². The molecule has 5 rings (SSSR count). The number of aromatic nitrogens is 1. The summed E-state index contributed by atoms with van der Waals surface area (Å²) in [5, 5.41) is 14.7. The van der Waals surface area contributed by atoms with Gasteiger partial charge < -0.3 is 4.57 Å². The summed E-state index contributed by atoms with van der Waals surface area (Å²) in [5.74, 6) is 0. The fourth-order valence-electron chi connectivity index (χ4n) is 4.40. The number of benzene rings is 4. The van der Waals surface area contributed by atoms with Crippen LogP contribution in [0.5, 0.6) is 0 Å². The van der Waals surface area contributed by atoms with Crippen molar-refractivity contribution >= 4 is 33.2 Å². The second-order valence-corrected chi connectivity index (χ2v) is 7.89. The van der Waals surface area contributed by atoms with Crippen molar-refractivity contribution in [2.45, 2.75) is 13.8 Å². The van der Waals surface area contributed by atoms with Gasteiger partial charge in [0, 0.05) is 16.8 Å². The molecule has 0 aliphatic carbocycles. The molecule has 0 aliphatic heterocycles. The van der Waals surface area contributed by atoms with Crippen LogP contribution in [0.3, 0.4) is 0 Å². The van der Waals surface area contributed by atoms with Crippen LogP contribution in [0.15, 0.2) is 91.0 Å². The molecule has 0 saturated heterocycles. The fraction of sp³-hybridized carbons (Fsp3) is 0.0690. The van der Waals surface area contributed by atoms with Gasteiger partial charge >= 0.3 is 0 Å². The monoisotopic (exact) mass is 398 g/mol. The van der Waals surface area contributed by atoms with E-state index in [0.717, 1.165) is 33.6 Å². The van der Waals surface area contributed by atoms with E-state index in [0.29, 0.717) is 5.57 Å². The number of fused-ring (bicyclic) bond motifs is 2. The van der Waals surface area contributed by atoms with Crippen molar-refractivity contribution in [2.75, 3.05) is 0 Å². The lowest BCUT2D eigenvalue weighted by Crippen LogP contribution is -2.00. The Balaban J connectivity index is 1.64. The summed E-state index contributed by atoms with van der Waals surface area (Å²) in [6, 6.07) is 33.8. The zero-order valence-electron chi connectivity index (χ0n) is 17.6. The van der Waals surface area contributed by atoms with Gasteiger partial charge in [0.25, 0.3) is 0 Å². The first-order chi connectivity index (χ1) is 15.2. The second kappa shape index (κ2) is 7.63. The van der Waals surface area contributed by atoms with Gasteiger partial charge in [-0.15, -0.1) is 0 Å². The lowest BCUT2D eigenvalue weighted by atomic mass is 10.0. The lowest BCUT2D eigenvalue weighted by molar-refractivity contribution is 0.973. The van der Waals surface area contributed by atoms with E-state index in [2.05, 4.69) is 97.3 Å². The summed E-state index contributed by atoms with van der Waals surface area (Å²) >= 11 is 0. The Morgan fingerprint density at radius 1 is 0.774 bits per heavy atom. The molecule has 148 valence electrons. The highest BCUT2D eigenvalue weighted by Crippen LogP contribution is 2.30. The summed E-state index contributed by atoms with van der Waals surface area (Å²) in [6.07, 6.45) is 2.01. The Kier molecular flexibility index (Phi) is 4.65. The quantitative estimate of drug-likeness (QED) is 0.290. The lowest BCUT2D eigenvalue weighted by Gasteiger charge is -2.13. The van der Waals surface area contributed by atoms with E-state index < -0.39 is 0 Å². The summed E-state index contributed by atoms with van der Waals surface area (Å²) in [7, 11) is 0. The van der Waals surface area contributed by atoms with E-state index in [4.69, 9.17) is 0 Å². The van der Waals surface area contributed by atoms with E-state index in [1.807, 2.05) is 24.3 Å². The van der Waals surface area contributed by atoms with Gasteiger partial charge in [-0.25, -0.2) is 0 Å². The first kappa shape index (κ1) is 18.9. The average molecular weight is 399 g/mol. The highest BCUT2D eigenvalue weighted by molar-refractivity contribution is 5.95. The van der Waals surface area contributed by atoms with Crippen LogP contribution in [0.2, 0.25) is 0 Å². The second-order valence-electron chi connectivity index (χ2n) is 7.89. The molecule has 4 aromatic carbocycles. The molecule has 2 heteroatoms. The van der Waals surface area contributed by atoms with Gasteiger partial charge in [0.1, 0.15) is 0 Å². The maximum absolute atomic E-state index is 9.91. The van der Waals surface area contributed by atoms with Crippen LogP contribution < -0.4 is 0 Å². The third-order valence-corrected chi connectivity index (χ3v) is 5.96. The third-order valence-electron chi connectivity index (χ3n) is 5.96. The molecule has 0 saturated carbocycles. The zero-order valence-corrected chi connectivity index (χ0v) is 17.6. The van der Waals surface area contributed by atoms with Crippen molar-refractivity contribution < 1.29 is 0 Å². The van der Waals surface area contributed by atoms with Gasteiger partial charge in [-0.05, 0) is 65.4 Å². The van der Waals surface area contributed by atoms with Crippen molar-refractivity contribution in [1.82, 2.24) is 4.57 Å². The Morgan fingerprint density at radius 2 is 1.48 bits per heavy atom. The molecule has 1 aromatic heterocycles. The summed E-state index contributed by atoms with van der Waals surface area (Å²) < 4.78 is 2.28. The minimum absolute atomic E-state index is 0.670. The van der Waals surface area contributed by atoms with E-state index in [9.17, 15) is 5.26 Å². The summed E-state index contributed by atoms with van der Waals surface area (Å²) in [4.78, 5) is 0. The molecule has 0 radical (unpaired) electrons. The Hall–Kier alpha value is -4.09. The zero-order chi connectivity index (χ0) is 21.4. The molecular weight excluding hydrogens is 376 g/mol. The molecule has 5 aromatic rings. The SMILES string of the molecule is Cc1cc(/C=C(/C#N)c2ccc3ccccc3c2)c(C)n1-c1cccc2ccccc12. The summed E-state index contributed by atoms with van der Waals surface area (Å²) in [6.45, 7) is 4.24. The van der Waals surface area contributed by atoms with Gasteiger partial charge in [0.15, 0.2) is 0 Å². The highest BCUT2D eigenvalue weighted by Gasteiger charge is 2.13. The molecule has 31 heavy (non-hydrogen) atoms. The molecule has 0 bridgehead atoms. The van der Waals surface area contributed by atoms with E-state index in [1.165, 1.54) is 16.2 Å². The van der Waals surface area contributed by atoms with Crippen LogP contribution in [0.1, 0.15) is 22.5 Å². The largest absolute Gasteiger partial charge is 0.317 e. The predicted octanol–water partition coefficient (Wildman–Crippen LogP) is 7.46. The first-order valence-corrected chi connectivity index (χ1v) is 10.4. The van der Waals surface area contributed by atoms with Crippen molar-refractivity contribution in [3.63, 3.8) is 0 Å². The van der Waals surface area contributed by atoms with Crippen molar-refractivity contribution in [3.8, 4) is 11.8 Å². The number of rotatable bonds is 3. The summed E-state index contributed by atoms with van der Waals surface area (Å²) in [5.41, 5.74) is 6.12. The van der Waals surface area contributed by atoms with Gasteiger partial charge in [-0.1, -0.05) is 72.8 Å². The molecule has 0 fully saturated rings. The highest BCUT2D eigenvalue weighted by atomic mass is 15.0. The fourth-order valence-corrected chi connectivity index (χ4v) is 4.40. The normalized spacial score (nSPS) is 11.7. The maximum atomic E-state index is 9.91. The number of hydrogen-bond acceptors (Lipinski definition) is 1. The standard InChI is InChI=1S/C29H22N2/c1-20-16-26(18-27(19-30)25-15-14-22-8-3-4-10-24(22)17-25)21(2)31(20)29-13-7-11-23-9-5-6-12-28(23)29/h3-18H,1-2H3/b27-18-. The Bertz CT molecular complexity index is 1500. The van der Waals surface area contributed by atoms with Crippen molar-refractivity contribution in [3.05, 3.63) is 114 Å². The van der Waals surface area contributed by atoms with Crippen LogP contribution in [0, 0.1) is 25.2 Å². The molecule has 0 spiro atoms. The van der Waals surface area contributed by atoms with Gasteiger partial charge in [-0.3, -0.25) is 0 Å². The maximum Gasteiger partial charge on any atom is 0.0998 e. The van der Waals surface area contributed by atoms with Gasteiger partial charge in [-0.2, -0.15) is 5.26 Å². The molecule has 0 unspecified atom stereocenters. The minimum Gasteiger partial charge on any atom is -0.317 e. The smallest absolute Gasteiger partial charge is 0.0998 e. The molecule has 1 heterocycles. The van der Waals surface area contributed by atoms with Crippen LogP contribution in [-0.4, -0.2) is 4.57 Å². The van der Waals surface area contributed by atoms with Crippen molar-refractivity contribution in [2.24, 2.45) is 0 Å². The first-order valence-electron chi connectivity index (χ1n) is 10.4. The molecule has 2 nitrogen and oxygen atoms in total. The van der Waals surface area contributed by atoms with E-state index in [1.54, 1.807) is 0 Å². The van der Waals surface area contributed by atoms with E-state index >= 15 is 0 Å². The molecule has 0 atom stereocenters. The number of allylic oxidation sites excluding steroid dienone is 1. The molecule has 0 amide bonds. The van der Waals surface area contributed by atoms with Crippen LogP contribution in [0.25, 0.3) is 38.9 Å². The van der Waals surface area contributed by atoms with Crippen molar-refractivity contribution in [1.29, 1.82) is 5.26 Å². The third kappa shape index (κ3) is 3.31. The van der Waals surface area contributed by atoms with Gasteiger partial charge in [0.2, 0.25) is 0 Å². The number of aryl methyl sites for hydroxylation is 1. The van der Waals surface area contributed by atoms with E-state index in [-0.39, 0.29) is 0 Å². The molecule has 0 N–H and O–H groups in total. The van der Waals surface area contributed by atoms with Crippen LogP contribution >= 0.6 is 0 Å². The minimum atomic E-state index is 0.670. The van der Waals surface area contributed by atoms with Crippen LogP contribution in [-0.2, 0) is 0 Å². The average Bonchev–Trinajstić information content (AvgIpc) is 3.09. The molecular formula is C29H22N2. The predicted molar refractivity (Wildman–Crippen MR) is 130 cm³/mol. The van der Waals surface area contributed by atoms with Gasteiger partial charge in [0.05, 0.1) is 17.3 Å². The number of nitrogens with zero attached hydrogens (tertiary/aromatic N) is 2. The Morgan fingerprint density at radius 3 is 2.29 bits per heavy atom.